The van der Waals surface area contributed by atoms with Crippen molar-refractivity contribution < 1.29 is 14.3 Å². The number of nitrogens with zero attached hydrogens (tertiary/aromatic N) is 1. The molecule has 128 valence electrons. The molecule has 0 N–H and O–H groups in total. The zero-order valence-electron chi connectivity index (χ0n) is 13.8. The van der Waals surface area contributed by atoms with Crippen molar-refractivity contribution in [2.45, 2.75) is 6.92 Å². The van der Waals surface area contributed by atoms with Crippen LogP contribution in [0.15, 0.2) is 59.0 Å². The Labute approximate surface area is 155 Å². The molecule has 0 radical (unpaired) electrons. The molecule has 0 saturated heterocycles. The molecular weight excluding hydrogens is 350 g/mol. The molecule has 1 heterocycles. The summed E-state index contributed by atoms with van der Waals surface area (Å²) in [5.74, 6) is -0.234. The van der Waals surface area contributed by atoms with Gasteiger partial charge in [0.15, 0.2) is 0 Å². The van der Waals surface area contributed by atoms with Crippen LogP contribution in [0.3, 0.4) is 0 Å². The van der Waals surface area contributed by atoms with Crippen LogP contribution in [0.4, 0.5) is 0 Å². The van der Waals surface area contributed by atoms with Gasteiger partial charge in [0.05, 0.1) is 17.6 Å². The summed E-state index contributed by atoms with van der Waals surface area (Å²) < 4.78 is 5.80. The molecule has 0 unspecified atom stereocenters. The third-order valence-corrected chi connectivity index (χ3v) is 4.18. The molecule has 0 atom stereocenters. The summed E-state index contributed by atoms with van der Waals surface area (Å²) in [4.78, 5) is 11.1. The average molecular weight is 363 g/mol. The van der Waals surface area contributed by atoms with Crippen LogP contribution >= 0.6 is 11.6 Å². The molecule has 0 fully saturated rings. The molecule has 0 saturated carbocycles. The quantitative estimate of drug-likeness (QED) is 0.647. The molecule has 0 spiro atoms. The van der Waals surface area contributed by atoms with Crippen LogP contribution in [0, 0.1) is 18.3 Å². The number of hydrogen-bond donors (Lipinski definition) is 0. The second-order valence-electron chi connectivity index (χ2n) is 5.70. The fourth-order valence-electron chi connectivity index (χ4n) is 2.54. The minimum atomic E-state index is -1.24. The van der Waals surface area contributed by atoms with Crippen molar-refractivity contribution in [1.29, 1.82) is 5.26 Å². The minimum Gasteiger partial charge on any atom is -0.545 e. The standard InChI is InChI=1S/C21H14ClNO3/c1-13-2-3-15(21(24)25)11-19(13)20-9-8-18(26-20)10-16(12-23)14-4-6-17(22)7-5-14/h2-11H,1H3,(H,24,25)/p-1/b16-10+. The third-order valence-electron chi connectivity index (χ3n) is 3.93. The maximum absolute atomic E-state index is 11.1. The van der Waals surface area contributed by atoms with Crippen LogP contribution in [-0.2, 0) is 0 Å². The lowest BCUT2D eigenvalue weighted by Gasteiger charge is -2.07. The van der Waals surface area contributed by atoms with Gasteiger partial charge in [0.2, 0.25) is 0 Å². The number of furan rings is 1. The maximum atomic E-state index is 11.1. The summed E-state index contributed by atoms with van der Waals surface area (Å²) in [6.45, 7) is 1.86. The van der Waals surface area contributed by atoms with Gasteiger partial charge in [0.1, 0.15) is 11.5 Å². The van der Waals surface area contributed by atoms with E-state index in [0.717, 1.165) is 11.1 Å². The van der Waals surface area contributed by atoms with E-state index in [9.17, 15) is 15.2 Å². The van der Waals surface area contributed by atoms with E-state index in [1.54, 1.807) is 48.5 Å². The van der Waals surface area contributed by atoms with E-state index in [0.29, 0.717) is 27.7 Å². The Balaban J connectivity index is 1.97. The molecule has 0 aliphatic rings. The summed E-state index contributed by atoms with van der Waals surface area (Å²) in [6.07, 6.45) is 1.63. The smallest absolute Gasteiger partial charge is 0.135 e. The lowest BCUT2D eigenvalue weighted by Crippen LogP contribution is -2.22. The Kier molecular flexibility index (Phi) is 4.92. The minimum absolute atomic E-state index is 0.0815. The molecule has 26 heavy (non-hydrogen) atoms. The molecule has 3 rings (SSSR count). The number of carboxylic acid groups (broad SMARTS) is 1. The first-order valence-corrected chi connectivity index (χ1v) is 8.15. The number of allylic oxidation sites excluding steroid dienone is 1. The number of carbonyl (C=O) groups is 1. The van der Waals surface area contributed by atoms with E-state index in [1.165, 1.54) is 12.1 Å². The van der Waals surface area contributed by atoms with Crippen LogP contribution in [0.25, 0.3) is 23.0 Å². The Hall–Kier alpha value is -3.29. The largest absolute Gasteiger partial charge is 0.545 e. The van der Waals surface area contributed by atoms with Gasteiger partial charge in [0, 0.05) is 10.6 Å². The Morgan fingerprint density at radius 1 is 1.12 bits per heavy atom. The average Bonchev–Trinajstić information content (AvgIpc) is 3.09. The number of carboxylic acids is 1. The number of aryl methyl sites for hydroxylation is 1. The number of carbonyl (C=O) groups excluding carboxylic acids is 1. The topological polar surface area (TPSA) is 77.1 Å². The molecule has 4 nitrogen and oxygen atoms in total. The van der Waals surface area contributed by atoms with Gasteiger partial charge in [-0.15, -0.1) is 0 Å². The van der Waals surface area contributed by atoms with E-state index in [-0.39, 0.29) is 5.56 Å². The molecule has 2 aromatic carbocycles. The molecule has 0 aliphatic carbocycles. The number of halogens is 1. The summed E-state index contributed by atoms with van der Waals surface area (Å²) in [7, 11) is 0. The van der Waals surface area contributed by atoms with Crippen molar-refractivity contribution in [3.63, 3.8) is 0 Å². The summed E-state index contributed by atoms with van der Waals surface area (Å²) >= 11 is 5.87. The number of nitriles is 1. The van der Waals surface area contributed by atoms with Gasteiger partial charge in [-0.25, -0.2) is 0 Å². The van der Waals surface area contributed by atoms with Crippen LogP contribution in [0.5, 0.6) is 0 Å². The van der Waals surface area contributed by atoms with E-state index >= 15 is 0 Å². The van der Waals surface area contributed by atoms with Crippen LogP contribution < -0.4 is 5.11 Å². The molecule has 1 aromatic heterocycles. The van der Waals surface area contributed by atoms with E-state index in [4.69, 9.17) is 16.0 Å². The highest BCUT2D eigenvalue weighted by atomic mass is 35.5. The number of hydrogen-bond acceptors (Lipinski definition) is 4. The highest BCUT2D eigenvalue weighted by Gasteiger charge is 2.10. The van der Waals surface area contributed by atoms with Crippen LogP contribution in [-0.4, -0.2) is 5.97 Å². The molecule has 3 aromatic rings. The second kappa shape index (κ2) is 7.30. The fourth-order valence-corrected chi connectivity index (χ4v) is 2.67. The van der Waals surface area contributed by atoms with Gasteiger partial charge < -0.3 is 14.3 Å². The normalized spacial score (nSPS) is 11.2. The monoisotopic (exact) mass is 362 g/mol. The summed E-state index contributed by atoms with van der Waals surface area (Å²) in [5.41, 5.74) is 2.78. The van der Waals surface area contributed by atoms with Crippen LogP contribution in [0.2, 0.25) is 5.02 Å². The summed E-state index contributed by atoms with van der Waals surface area (Å²) in [5, 5.41) is 21.1. The first-order chi connectivity index (χ1) is 12.5. The van der Waals surface area contributed by atoms with Gasteiger partial charge in [-0.3, -0.25) is 0 Å². The third kappa shape index (κ3) is 3.69. The predicted octanol–water partition coefficient (Wildman–Crippen LogP) is 4.34. The number of aromatic carboxylic acids is 1. The maximum Gasteiger partial charge on any atom is 0.135 e. The molecule has 0 aliphatic heterocycles. The molecule has 0 bridgehead atoms. The highest BCUT2D eigenvalue weighted by Crippen LogP contribution is 2.28. The Morgan fingerprint density at radius 2 is 1.81 bits per heavy atom. The van der Waals surface area contributed by atoms with Gasteiger partial charge in [-0.05, 0) is 60.0 Å². The van der Waals surface area contributed by atoms with Gasteiger partial charge >= 0.3 is 0 Å². The molecule has 0 amide bonds. The van der Waals surface area contributed by atoms with Gasteiger partial charge in [-0.2, -0.15) is 5.26 Å². The van der Waals surface area contributed by atoms with E-state index in [1.807, 2.05) is 6.92 Å². The fraction of sp³-hybridized carbons (Fsp3) is 0.0476. The Morgan fingerprint density at radius 3 is 2.46 bits per heavy atom. The second-order valence-corrected chi connectivity index (χ2v) is 6.13. The SMILES string of the molecule is Cc1ccc(C(=O)[O-])cc1-c1ccc(/C=C(\C#N)c2ccc(Cl)cc2)o1. The van der Waals surface area contributed by atoms with E-state index in [2.05, 4.69) is 6.07 Å². The number of benzene rings is 2. The van der Waals surface area contributed by atoms with Gasteiger partial charge in [0.25, 0.3) is 0 Å². The van der Waals surface area contributed by atoms with Crippen molar-refractivity contribution in [3.05, 3.63) is 82.1 Å². The highest BCUT2D eigenvalue weighted by molar-refractivity contribution is 6.30. The Bertz CT molecular complexity index is 1040. The van der Waals surface area contributed by atoms with Crippen molar-refractivity contribution in [1.82, 2.24) is 0 Å². The predicted molar refractivity (Wildman–Crippen MR) is 98.1 cm³/mol. The summed E-state index contributed by atoms with van der Waals surface area (Å²) in [6, 6.07) is 17.3. The van der Waals surface area contributed by atoms with Crippen molar-refractivity contribution in [2.75, 3.05) is 0 Å². The van der Waals surface area contributed by atoms with Crippen molar-refractivity contribution >= 4 is 29.2 Å². The lowest BCUT2D eigenvalue weighted by atomic mass is 10.0. The van der Waals surface area contributed by atoms with E-state index < -0.39 is 5.97 Å². The van der Waals surface area contributed by atoms with Gasteiger partial charge in [-0.1, -0.05) is 35.9 Å². The van der Waals surface area contributed by atoms with Crippen molar-refractivity contribution in [3.8, 4) is 17.4 Å². The zero-order valence-corrected chi connectivity index (χ0v) is 14.6. The first kappa shape index (κ1) is 17.5. The van der Waals surface area contributed by atoms with Crippen LogP contribution in [0.1, 0.15) is 27.2 Å². The number of rotatable bonds is 4. The van der Waals surface area contributed by atoms with Crippen molar-refractivity contribution in [2.24, 2.45) is 0 Å². The zero-order chi connectivity index (χ0) is 18.7. The first-order valence-electron chi connectivity index (χ1n) is 7.78. The lowest BCUT2D eigenvalue weighted by molar-refractivity contribution is -0.255. The molecular formula is C21H13ClNO3-. The molecule has 5 heteroatoms.